The number of ether oxygens (including phenoxy) is 2. The fraction of sp³-hybridized carbons (Fsp3) is 0.975. The number of unbranched alkanes of at least 4 members (excludes halogenated alkanes) is 63. The van der Waals surface area contributed by atoms with E-state index in [9.17, 15) is 9.59 Å². The summed E-state index contributed by atoms with van der Waals surface area (Å²) >= 11 is 0. The largest absolute Gasteiger partial charge is 0.466 e. The fourth-order valence-corrected chi connectivity index (χ4v) is 12.5. The highest BCUT2D eigenvalue weighted by Crippen LogP contribution is 2.20. The van der Waals surface area contributed by atoms with Gasteiger partial charge in [-0.2, -0.15) is 0 Å². The van der Waals surface area contributed by atoms with Crippen LogP contribution in [0.3, 0.4) is 0 Å². The van der Waals surface area contributed by atoms with Gasteiger partial charge in [-0.15, -0.1) is 0 Å². The van der Waals surface area contributed by atoms with Gasteiger partial charge in [0.05, 0.1) is 13.2 Å². The average molecular weight is 1190 g/mol. The number of esters is 2. The van der Waals surface area contributed by atoms with Crippen LogP contribution in [0.1, 0.15) is 484 Å². The third-order valence-electron chi connectivity index (χ3n) is 18.4. The summed E-state index contributed by atoms with van der Waals surface area (Å²) in [6.45, 7) is 12.8. The topological polar surface area (TPSA) is 52.6 Å². The van der Waals surface area contributed by atoms with Gasteiger partial charge in [-0.3, -0.25) is 9.59 Å². The molecule has 0 spiro atoms. The summed E-state index contributed by atoms with van der Waals surface area (Å²) in [6, 6.07) is 0. The third kappa shape index (κ3) is 83.0. The Morgan fingerprint density at radius 2 is 0.345 bits per heavy atom. The lowest BCUT2D eigenvalue weighted by molar-refractivity contribution is -0.144. The molecule has 504 valence electrons. The van der Waals surface area contributed by atoms with Gasteiger partial charge in [0.15, 0.2) is 0 Å². The smallest absolute Gasteiger partial charge is 0.305 e. The van der Waals surface area contributed by atoms with Gasteiger partial charge in [0, 0.05) is 12.8 Å². The van der Waals surface area contributed by atoms with Crippen LogP contribution >= 0.6 is 0 Å². The summed E-state index contributed by atoms with van der Waals surface area (Å²) in [5, 5.41) is 0. The predicted octanol–water partition coefficient (Wildman–Crippen LogP) is 29.1. The fourth-order valence-electron chi connectivity index (χ4n) is 12.5. The molecule has 0 aliphatic heterocycles. The van der Waals surface area contributed by atoms with Crippen molar-refractivity contribution in [2.45, 2.75) is 484 Å². The minimum Gasteiger partial charge on any atom is -0.466 e. The van der Waals surface area contributed by atoms with Gasteiger partial charge in [0.2, 0.25) is 0 Å². The molecule has 0 unspecified atom stereocenters. The van der Waals surface area contributed by atoms with Gasteiger partial charge in [-0.1, -0.05) is 446 Å². The molecule has 4 heteroatoms. The Labute approximate surface area is 531 Å². The molecule has 0 N–H and O–H groups in total. The molecule has 0 fully saturated rings. The van der Waals surface area contributed by atoms with E-state index in [4.69, 9.17) is 9.47 Å². The van der Waals surface area contributed by atoms with Crippen LogP contribution in [0.2, 0.25) is 0 Å². The van der Waals surface area contributed by atoms with Crippen molar-refractivity contribution in [2.24, 2.45) is 5.92 Å². The number of hydrogen-bond donors (Lipinski definition) is 0. The molecule has 0 aromatic rings. The number of rotatable bonds is 73. The van der Waals surface area contributed by atoms with E-state index in [0.29, 0.717) is 26.1 Å². The van der Waals surface area contributed by atoms with Crippen LogP contribution in [0.25, 0.3) is 0 Å². The van der Waals surface area contributed by atoms with Crippen LogP contribution in [0.5, 0.6) is 0 Å². The molecule has 0 bridgehead atoms. The van der Waals surface area contributed by atoms with E-state index < -0.39 is 0 Å². The summed E-state index contributed by atoms with van der Waals surface area (Å²) in [6.07, 6.45) is 95.1. The van der Waals surface area contributed by atoms with Crippen LogP contribution in [0, 0.1) is 5.92 Å². The van der Waals surface area contributed by atoms with E-state index in [1.165, 1.54) is 411 Å². The van der Waals surface area contributed by atoms with Crippen LogP contribution in [0.15, 0.2) is 0 Å². The molecule has 0 aliphatic carbocycles. The molecule has 0 radical (unpaired) electrons. The zero-order chi connectivity index (χ0) is 61.1. The minimum atomic E-state index is 0.0289. The highest BCUT2D eigenvalue weighted by Gasteiger charge is 2.06. The van der Waals surface area contributed by atoms with Gasteiger partial charge < -0.3 is 9.47 Å². The molecule has 0 saturated carbocycles. The zero-order valence-electron chi connectivity index (χ0n) is 59.1. The van der Waals surface area contributed by atoms with Crippen molar-refractivity contribution in [1.82, 2.24) is 0 Å². The molecule has 4 nitrogen and oxygen atoms in total. The van der Waals surface area contributed by atoms with Gasteiger partial charge in [-0.05, 0) is 31.6 Å². The van der Waals surface area contributed by atoms with Gasteiger partial charge in [0.25, 0.3) is 0 Å². The molecule has 0 aliphatic rings. The van der Waals surface area contributed by atoms with E-state index in [0.717, 1.165) is 31.6 Å². The van der Waals surface area contributed by atoms with Crippen molar-refractivity contribution in [1.29, 1.82) is 0 Å². The van der Waals surface area contributed by atoms with Crippen molar-refractivity contribution in [3.8, 4) is 0 Å². The summed E-state index contributed by atoms with van der Waals surface area (Å²) in [5.74, 6) is 0.928. The van der Waals surface area contributed by atoms with Gasteiger partial charge in [0.1, 0.15) is 0 Å². The maximum absolute atomic E-state index is 12.0. The van der Waals surface area contributed by atoms with Crippen LogP contribution in [0.4, 0.5) is 0 Å². The van der Waals surface area contributed by atoms with E-state index in [2.05, 4.69) is 34.6 Å². The standard InChI is InChI=1S/2C40H80O2/c1-4-5-6-7-8-9-10-11-12-13-14-15-16-17-20-23-26-29-32-35-38-42-40(41)37-34-31-28-25-22-19-18-21-24-27-30-33-36-39(2)3;1-3-5-7-9-11-13-15-17-19-20-21-22-23-25-27-29-31-33-35-37-39-42-40(41)38-36-34-32-30-28-26-24-18-16-14-12-10-8-6-4-2/h39H,4-38H2,1-3H3;3-39H2,1-2H3. The van der Waals surface area contributed by atoms with Crippen LogP contribution in [-0.2, 0) is 19.1 Å². The van der Waals surface area contributed by atoms with Crippen molar-refractivity contribution in [3.05, 3.63) is 0 Å². The molecule has 0 rings (SSSR count). The molecular weight excluding hydrogens is 1020 g/mol. The normalized spacial score (nSPS) is 11.5. The van der Waals surface area contributed by atoms with Crippen LogP contribution in [-0.4, -0.2) is 25.2 Å². The molecule has 0 aromatic carbocycles. The molecular formula is C80H160O4. The second-order valence-corrected chi connectivity index (χ2v) is 27.8. The highest BCUT2D eigenvalue weighted by molar-refractivity contribution is 5.69. The Balaban J connectivity index is 0. The first kappa shape index (κ1) is 85.0. The summed E-state index contributed by atoms with van der Waals surface area (Å²) in [7, 11) is 0. The van der Waals surface area contributed by atoms with E-state index in [1.54, 1.807) is 0 Å². The zero-order valence-corrected chi connectivity index (χ0v) is 59.1. The maximum Gasteiger partial charge on any atom is 0.305 e. The van der Waals surface area contributed by atoms with Crippen LogP contribution < -0.4 is 0 Å². The first-order valence-electron chi connectivity index (χ1n) is 39.8. The molecule has 0 saturated heterocycles. The monoisotopic (exact) mass is 1190 g/mol. The first-order valence-corrected chi connectivity index (χ1v) is 39.8. The third-order valence-corrected chi connectivity index (χ3v) is 18.4. The Bertz CT molecular complexity index is 1170. The highest BCUT2D eigenvalue weighted by atomic mass is 16.5. The Morgan fingerprint density at radius 3 is 0.512 bits per heavy atom. The first-order chi connectivity index (χ1) is 41.5. The maximum atomic E-state index is 12.0. The quantitative estimate of drug-likeness (QED) is 0.0450. The van der Waals surface area contributed by atoms with E-state index in [1.807, 2.05) is 0 Å². The molecule has 0 atom stereocenters. The summed E-state index contributed by atoms with van der Waals surface area (Å²) < 4.78 is 10.9. The number of carbonyl (C=O) groups is 2. The van der Waals surface area contributed by atoms with E-state index >= 15 is 0 Å². The number of hydrogen-bond acceptors (Lipinski definition) is 4. The second-order valence-electron chi connectivity index (χ2n) is 27.8. The molecule has 0 amide bonds. The number of carbonyl (C=O) groups excluding carboxylic acids is 2. The lowest BCUT2D eigenvalue weighted by atomic mass is 10.0. The van der Waals surface area contributed by atoms with Gasteiger partial charge in [-0.25, -0.2) is 0 Å². The molecule has 0 heterocycles. The van der Waals surface area contributed by atoms with Gasteiger partial charge >= 0.3 is 11.9 Å². The van der Waals surface area contributed by atoms with E-state index in [-0.39, 0.29) is 11.9 Å². The van der Waals surface area contributed by atoms with Crippen molar-refractivity contribution >= 4 is 11.9 Å². The van der Waals surface area contributed by atoms with Crippen molar-refractivity contribution < 1.29 is 19.1 Å². The van der Waals surface area contributed by atoms with Crippen molar-refractivity contribution in [2.75, 3.05) is 13.2 Å². The Morgan fingerprint density at radius 1 is 0.202 bits per heavy atom. The second kappa shape index (κ2) is 80.0. The average Bonchev–Trinajstić information content (AvgIpc) is 3.49. The molecule has 0 aromatic heterocycles. The summed E-state index contributed by atoms with van der Waals surface area (Å²) in [5.41, 5.74) is 0. The SMILES string of the molecule is CCCCCCCCCCCCCCCCCCCCCCOC(=O)CCCCCCCCCCCCCCC(C)C.CCCCCCCCCCCCCCCCCCCCCCOC(=O)CCCCCCCCCCCCCCCCC. The minimum absolute atomic E-state index is 0.0289. The summed E-state index contributed by atoms with van der Waals surface area (Å²) in [4.78, 5) is 23.9. The predicted molar refractivity (Wildman–Crippen MR) is 377 cm³/mol. The Hall–Kier alpha value is -1.06. The Kier molecular flexibility index (Phi) is 80.9. The van der Waals surface area contributed by atoms with Crippen molar-refractivity contribution in [3.63, 3.8) is 0 Å². The lowest BCUT2D eigenvalue weighted by Crippen LogP contribution is -2.05. The molecule has 84 heavy (non-hydrogen) atoms. The lowest BCUT2D eigenvalue weighted by Gasteiger charge is -2.06.